The van der Waals surface area contributed by atoms with E-state index in [0.29, 0.717) is 26.1 Å². The Labute approximate surface area is 102 Å². The monoisotopic (exact) mass is 400 g/mol. The summed E-state index contributed by atoms with van der Waals surface area (Å²) >= 11 is 0.359. The quantitative estimate of drug-likeness (QED) is 0.409. The molecule has 0 aliphatic rings. The van der Waals surface area contributed by atoms with Crippen LogP contribution in [-0.4, -0.2) is 21.1 Å². The molecule has 0 spiro atoms. The number of hydrogen-bond acceptors (Lipinski definition) is 4. The summed E-state index contributed by atoms with van der Waals surface area (Å²) in [6, 6.07) is 4.48. The molecule has 0 fully saturated rings. The van der Waals surface area contributed by atoms with Crippen molar-refractivity contribution in [3.8, 4) is 5.75 Å². The molecule has 0 saturated carbocycles. The van der Waals surface area contributed by atoms with Crippen LogP contribution in [-0.2, 0) is 30.9 Å². The summed E-state index contributed by atoms with van der Waals surface area (Å²) in [6.45, 7) is 1.08. The molecular formula is C8H8HgNO5. The van der Waals surface area contributed by atoms with E-state index in [0.717, 1.165) is 10.00 Å². The van der Waals surface area contributed by atoms with Crippen LogP contribution in [0.1, 0.15) is 6.92 Å². The number of benzene rings is 1. The molecule has 77 valence electrons. The van der Waals surface area contributed by atoms with E-state index >= 15 is 0 Å². The zero-order valence-electron chi connectivity index (χ0n) is 8.01. The van der Waals surface area contributed by atoms with Crippen molar-refractivity contribution in [2.75, 3.05) is 0 Å². The predicted octanol–water partition coefficient (Wildman–Crippen LogP) is 0.563. The Balaban J connectivity index is 0.000000423. The number of phenolic OH excluding ortho intramolecular Hbond substituents is 1. The van der Waals surface area contributed by atoms with Gasteiger partial charge in [-0.3, -0.25) is 4.79 Å². The van der Waals surface area contributed by atoms with Crippen LogP contribution >= 0.6 is 0 Å². The van der Waals surface area contributed by atoms with E-state index in [-0.39, 0.29) is 11.4 Å². The number of rotatable bonds is 1. The van der Waals surface area contributed by atoms with Crippen LogP contribution in [0.3, 0.4) is 0 Å². The minimum atomic E-state index is -0.833. The minimum absolute atomic E-state index is 0.197. The summed E-state index contributed by atoms with van der Waals surface area (Å²) in [5.41, 5.74) is -0.197. The topological polar surface area (TPSA) is 101 Å². The van der Waals surface area contributed by atoms with Gasteiger partial charge in [0.05, 0.1) is 0 Å². The second kappa shape index (κ2) is 6.34. The van der Waals surface area contributed by atoms with Crippen molar-refractivity contribution in [3.05, 3.63) is 28.3 Å². The van der Waals surface area contributed by atoms with Gasteiger partial charge in [-0.25, -0.2) is 0 Å². The van der Waals surface area contributed by atoms with Gasteiger partial charge in [0.1, 0.15) is 0 Å². The van der Waals surface area contributed by atoms with Crippen molar-refractivity contribution in [2.45, 2.75) is 6.92 Å². The second-order valence-electron chi connectivity index (χ2n) is 2.60. The van der Waals surface area contributed by atoms with Crippen LogP contribution in [0.4, 0.5) is 5.69 Å². The zero-order valence-corrected chi connectivity index (χ0v) is 13.5. The van der Waals surface area contributed by atoms with Gasteiger partial charge < -0.3 is 5.11 Å². The molecule has 1 aromatic rings. The Morgan fingerprint density at radius 3 is 2.33 bits per heavy atom. The fourth-order valence-electron chi connectivity index (χ4n) is 0.715. The van der Waals surface area contributed by atoms with E-state index in [4.69, 9.17) is 15.0 Å². The third-order valence-electron chi connectivity index (χ3n) is 1.24. The molecule has 0 atom stereocenters. The fourth-order valence-corrected chi connectivity index (χ4v) is 1.93. The molecular weight excluding hydrogens is 391 g/mol. The van der Waals surface area contributed by atoms with Crippen LogP contribution in [0.15, 0.2) is 18.2 Å². The molecule has 0 radical (unpaired) electrons. The van der Waals surface area contributed by atoms with E-state index in [1.807, 2.05) is 0 Å². The SMILES string of the molecule is CC(=O)O.O=[N+]([O-])c1c[c]([Hg])ccc1O. The number of carbonyl (C=O) groups is 1. The molecule has 0 unspecified atom stereocenters. The number of hydrogen-bond donors (Lipinski definition) is 2. The summed E-state index contributed by atoms with van der Waals surface area (Å²) in [5.74, 6) is -1.09. The molecule has 0 aliphatic heterocycles. The van der Waals surface area contributed by atoms with E-state index in [1.54, 1.807) is 6.07 Å². The number of carboxylic acid groups (broad SMARTS) is 1. The third-order valence-corrected chi connectivity index (χ3v) is 2.95. The van der Waals surface area contributed by atoms with Crippen molar-refractivity contribution in [1.82, 2.24) is 0 Å². The second-order valence-corrected chi connectivity index (χ2v) is 5.77. The van der Waals surface area contributed by atoms with E-state index < -0.39 is 10.9 Å². The van der Waals surface area contributed by atoms with Gasteiger partial charge in [-0.1, -0.05) is 0 Å². The first-order valence-corrected chi connectivity index (χ1v) is 6.58. The zero-order chi connectivity index (χ0) is 12.0. The molecule has 1 aromatic carbocycles. The molecule has 0 bridgehead atoms. The van der Waals surface area contributed by atoms with Crippen LogP contribution in [0.2, 0.25) is 0 Å². The van der Waals surface area contributed by atoms with Gasteiger partial charge in [-0.2, -0.15) is 0 Å². The third kappa shape index (κ3) is 6.00. The molecule has 0 aromatic heterocycles. The Morgan fingerprint density at radius 1 is 1.53 bits per heavy atom. The summed E-state index contributed by atoms with van der Waals surface area (Å²) in [5, 5.41) is 26.6. The Bertz CT molecular complexity index is 375. The van der Waals surface area contributed by atoms with Crippen LogP contribution in [0, 0.1) is 10.1 Å². The van der Waals surface area contributed by atoms with Gasteiger partial charge in [-0.15, -0.1) is 0 Å². The number of aliphatic carboxylic acids is 1. The van der Waals surface area contributed by atoms with Crippen molar-refractivity contribution < 1.29 is 46.1 Å². The molecule has 15 heavy (non-hydrogen) atoms. The number of aromatic hydroxyl groups is 1. The first-order valence-electron chi connectivity index (χ1n) is 3.83. The Morgan fingerprint density at radius 2 is 2.00 bits per heavy atom. The Kier molecular flexibility index (Phi) is 5.84. The number of phenols is 1. The molecule has 2 N–H and O–H groups in total. The van der Waals surface area contributed by atoms with E-state index in [9.17, 15) is 10.1 Å². The maximum absolute atomic E-state index is 10.2. The van der Waals surface area contributed by atoms with Gasteiger partial charge in [0, 0.05) is 6.92 Å². The summed E-state index contributed by atoms with van der Waals surface area (Å²) < 4.78 is 0.953. The number of carboxylic acids is 1. The molecule has 7 heteroatoms. The number of nitro benzene ring substituents is 1. The van der Waals surface area contributed by atoms with Gasteiger partial charge in [0.2, 0.25) is 0 Å². The van der Waals surface area contributed by atoms with Crippen molar-refractivity contribution in [1.29, 1.82) is 0 Å². The first-order chi connectivity index (χ1) is 6.84. The first kappa shape index (κ1) is 13.8. The maximum atomic E-state index is 10.2. The molecule has 1 rings (SSSR count). The van der Waals surface area contributed by atoms with Gasteiger partial charge in [-0.05, 0) is 0 Å². The van der Waals surface area contributed by atoms with Crippen molar-refractivity contribution in [3.63, 3.8) is 0 Å². The molecule has 0 amide bonds. The molecule has 0 saturated heterocycles. The predicted molar refractivity (Wildman–Crippen MR) is 47.7 cm³/mol. The normalized spacial score (nSPS) is 8.73. The van der Waals surface area contributed by atoms with Crippen LogP contribution in [0.5, 0.6) is 5.75 Å². The van der Waals surface area contributed by atoms with Crippen LogP contribution < -0.4 is 3.07 Å². The van der Waals surface area contributed by atoms with E-state index in [2.05, 4.69) is 0 Å². The van der Waals surface area contributed by atoms with Crippen LogP contribution in [0.25, 0.3) is 0 Å². The Hall–Kier alpha value is -1.17. The average molecular weight is 399 g/mol. The summed E-state index contributed by atoms with van der Waals surface area (Å²) in [4.78, 5) is 18.7. The van der Waals surface area contributed by atoms with E-state index in [1.165, 1.54) is 12.1 Å². The summed E-state index contributed by atoms with van der Waals surface area (Å²) in [7, 11) is 0. The fraction of sp³-hybridized carbons (Fsp3) is 0.125. The van der Waals surface area contributed by atoms with Gasteiger partial charge >= 0.3 is 79.0 Å². The summed E-state index contributed by atoms with van der Waals surface area (Å²) in [6.07, 6.45) is 0. The standard InChI is InChI=1S/C6H4NO3.C2H4O2.Hg/c8-6-4-2-1-3-5(6)7(9)10;1-2(3)4;/h2-4,8H;1H3,(H,3,4);. The molecule has 0 heterocycles. The van der Waals surface area contributed by atoms with Gasteiger partial charge in [0.15, 0.2) is 0 Å². The van der Waals surface area contributed by atoms with Gasteiger partial charge in [0.25, 0.3) is 5.97 Å². The van der Waals surface area contributed by atoms with Crippen molar-refractivity contribution >= 4 is 14.7 Å². The molecule has 6 nitrogen and oxygen atoms in total. The number of nitrogens with zero attached hydrogens (tertiary/aromatic N) is 1. The number of nitro groups is 1. The average Bonchev–Trinajstić information content (AvgIpc) is 2.08. The van der Waals surface area contributed by atoms with Crippen molar-refractivity contribution in [2.24, 2.45) is 0 Å². The molecule has 0 aliphatic carbocycles.